The Bertz CT molecular complexity index is 631. The number of carbonyl (C=O) groups is 1. The zero-order chi connectivity index (χ0) is 14.1. The Morgan fingerprint density at radius 1 is 1.35 bits per heavy atom. The first-order valence-corrected chi connectivity index (χ1v) is 7.50. The molecule has 104 valence electrons. The van der Waals surface area contributed by atoms with E-state index in [4.69, 9.17) is 0 Å². The molecule has 2 heterocycles. The number of anilines is 1. The van der Waals surface area contributed by atoms with Crippen LogP contribution in [0.5, 0.6) is 0 Å². The van der Waals surface area contributed by atoms with Crippen molar-refractivity contribution in [2.75, 3.05) is 5.32 Å². The molecule has 0 bridgehead atoms. The Kier molecular flexibility index (Phi) is 3.54. The maximum atomic E-state index is 12.3. The summed E-state index contributed by atoms with van der Waals surface area (Å²) in [5.41, 5.74) is 3.50. The fraction of sp³-hybridized carbons (Fsp3) is 0.333. The van der Waals surface area contributed by atoms with Crippen molar-refractivity contribution in [3.8, 4) is 0 Å². The van der Waals surface area contributed by atoms with Crippen molar-refractivity contribution in [2.45, 2.75) is 32.9 Å². The van der Waals surface area contributed by atoms with E-state index in [1.807, 2.05) is 26.0 Å². The molecule has 20 heavy (non-hydrogen) atoms. The lowest BCUT2D eigenvalue weighted by molar-refractivity contribution is -0.118. The van der Waals surface area contributed by atoms with E-state index in [2.05, 4.69) is 27.8 Å². The average Bonchev–Trinajstić information content (AvgIpc) is 2.76. The first-order chi connectivity index (χ1) is 9.63. The van der Waals surface area contributed by atoms with Crippen molar-refractivity contribution in [2.24, 2.45) is 0 Å². The molecule has 5 heteroatoms. The van der Waals surface area contributed by atoms with E-state index >= 15 is 0 Å². The van der Waals surface area contributed by atoms with Crippen LogP contribution in [0.25, 0.3) is 0 Å². The van der Waals surface area contributed by atoms with Gasteiger partial charge in [-0.2, -0.15) is 0 Å². The molecule has 2 aromatic rings. The molecule has 0 saturated heterocycles. The van der Waals surface area contributed by atoms with E-state index in [1.165, 1.54) is 22.5 Å². The summed E-state index contributed by atoms with van der Waals surface area (Å²) in [7, 11) is 0. The van der Waals surface area contributed by atoms with Crippen LogP contribution in [0, 0.1) is 13.8 Å². The molecule has 1 aromatic carbocycles. The summed E-state index contributed by atoms with van der Waals surface area (Å²) in [5, 5.41) is 6.88. The predicted octanol–water partition coefficient (Wildman–Crippen LogP) is 2.41. The van der Waals surface area contributed by atoms with E-state index in [9.17, 15) is 4.79 Å². The van der Waals surface area contributed by atoms with Crippen LogP contribution in [0.4, 0.5) is 5.13 Å². The second-order valence-electron chi connectivity index (χ2n) is 5.06. The SMILES string of the molecule is Cc1nc(NC(=O)[C@@H]2Cc3ccccc3CN2)sc1C. The number of aryl methyl sites for hydroxylation is 2. The smallest absolute Gasteiger partial charge is 0.243 e. The number of carbonyl (C=O) groups excluding carboxylic acids is 1. The highest BCUT2D eigenvalue weighted by molar-refractivity contribution is 7.15. The Hall–Kier alpha value is -1.72. The van der Waals surface area contributed by atoms with Crippen LogP contribution in [0.2, 0.25) is 0 Å². The van der Waals surface area contributed by atoms with Gasteiger partial charge in [-0.15, -0.1) is 11.3 Å². The van der Waals surface area contributed by atoms with E-state index in [0.717, 1.165) is 23.5 Å². The standard InChI is InChI=1S/C15H17N3OS/c1-9-10(2)20-15(17-9)18-14(19)13-7-11-5-3-4-6-12(11)8-16-13/h3-6,13,16H,7-8H2,1-2H3,(H,17,18,19)/t13-/m0/s1. The second kappa shape index (κ2) is 5.34. The van der Waals surface area contributed by atoms with Gasteiger partial charge in [-0.1, -0.05) is 24.3 Å². The molecule has 1 aliphatic heterocycles. The molecular weight excluding hydrogens is 270 g/mol. The Morgan fingerprint density at radius 2 is 2.10 bits per heavy atom. The number of nitrogens with zero attached hydrogens (tertiary/aromatic N) is 1. The number of benzene rings is 1. The number of aromatic nitrogens is 1. The third-order valence-corrected chi connectivity index (χ3v) is 4.64. The summed E-state index contributed by atoms with van der Waals surface area (Å²) in [6.45, 7) is 4.71. The second-order valence-corrected chi connectivity index (χ2v) is 6.26. The van der Waals surface area contributed by atoms with Crippen molar-refractivity contribution in [1.29, 1.82) is 0 Å². The fourth-order valence-electron chi connectivity index (χ4n) is 2.36. The summed E-state index contributed by atoms with van der Waals surface area (Å²) in [4.78, 5) is 17.8. The van der Waals surface area contributed by atoms with Crippen molar-refractivity contribution in [3.05, 3.63) is 46.0 Å². The number of nitrogens with one attached hydrogen (secondary N) is 2. The maximum Gasteiger partial charge on any atom is 0.243 e. The molecule has 1 amide bonds. The number of amides is 1. The van der Waals surface area contributed by atoms with Crippen LogP contribution < -0.4 is 10.6 Å². The van der Waals surface area contributed by atoms with Crippen LogP contribution in [-0.4, -0.2) is 16.9 Å². The third kappa shape index (κ3) is 2.59. The Balaban J connectivity index is 1.70. The molecule has 4 nitrogen and oxygen atoms in total. The van der Waals surface area contributed by atoms with Crippen molar-refractivity contribution in [3.63, 3.8) is 0 Å². The Morgan fingerprint density at radius 3 is 2.80 bits per heavy atom. The predicted molar refractivity (Wildman–Crippen MR) is 81.0 cm³/mol. The van der Waals surface area contributed by atoms with Crippen molar-refractivity contribution < 1.29 is 4.79 Å². The minimum absolute atomic E-state index is 0.00625. The zero-order valence-corrected chi connectivity index (χ0v) is 12.4. The van der Waals surface area contributed by atoms with Gasteiger partial charge >= 0.3 is 0 Å². The maximum absolute atomic E-state index is 12.3. The van der Waals surface area contributed by atoms with E-state index < -0.39 is 0 Å². The van der Waals surface area contributed by atoms with E-state index in [-0.39, 0.29) is 11.9 Å². The molecule has 1 atom stereocenters. The first kappa shape index (κ1) is 13.3. The molecule has 0 aliphatic carbocycles. The molecule has 0 spiro atoms. The van der Waals surface area contributed by atoms with Gasteiger partial charge in [0, 0.05) is 11.4 Å². The molecule has 3 rings (SSSR count). The number of hydrogen-bond acceptors (Lipinski definition) is 4. The highest BCUT2D eigenvalue weighted by Gasteiger charge is 2.24. The number of hydrogen-bond donors (Lipinski definition) is 2. The van der Waals surface area contributed by atoms with Crippen molar-refractivity contribution >= 4 is 22.4 Å². The lowest BCUT2D eigenvalue weighted by Gasteiger charge is -2.24. The van der Waals surface area contributed by atoms with Gasteiger partial charge in [0.2, 0.25) is 5.91 Å². The van der Waals surface area contributed by atoms with Gasteiger partial charge in [0.15, 0.2) is 5.13 Å². The highest BCUT2D eigenvalue weighted by Crippen LogP contribution is 2.22. The van der Waals surface area contributed by atoms with Gasteiger partial charge in [0.05, 0.1) is 11.7 Å². The van der Waals surface area contributed by atoms with Gasteiger partial charge < -0.3 is 10.6 Å². The monoisotopic (exact) mass is 287 g/mol. The van der Waals surface area contributed by atoms with Crippen LogP contribution in [0.15, 0.2) is 24.3 Å². The normalized spacial score (nSPS) is 17.6. The van der Waals surface area contributed by atoms with Gasteiger partial charge in [-0.05, 0) is 31.4 Å². The lowest BCUT2D eigenvalue weighted by Crippen LogP contribution is -2.44. The first-order valence-electron chi connectivity index (χ1n) is 6.68. The van der Waals surface area contributed by atoms with Crippen LogP contribution in [0.3, 0.4) is 0 Å². The molecule has 0 saturated carbocycles. The molecule has 0 unspecified atom stereocenters. The summed E-state index contributed by atoms with van der Waals surface area (Å²) < 4.78 is 0. The summed E-state index contributed by atoms with van der Waals surface area (Å²) in [6, 6.07) is 8.06. The lowest BCUT2D eigenvalue weighted by atomic mass is 9.95. The van der Waals surface area contributed by atoms with Gasteiger partial charge in [-0.25, -0.2) is 4.98 Å². The minimum Gasteiger partial charge on any atom is -0.301 e. The molecule has 1 aromatic heterocycles. The largest absolute Gasteiger partial charge is 0.301 e. The topological polar surface area (TPSA) is 54.0 Å². The van der Waals surface area contributed by atoms with E-state index in [0.29, 0.717) is 5.13 Å². The van der Waals surface area contributed by atoms with Gasteiger partial charge in [-0.3, -0.25) is 4.79 Å². The molecule has 2 N–H and O–H groups in total. The van der Waals surface area contributed by atoms with Crippen LogP contribution >= 0.6 is 11.3 Å². The molecule has 0 radical (unpaired) electrons. The van der Waals surface area contributed by atoms with Crippen LogP contribution in [-0.2, 0) is 17.8 Å². The highest BCUT2D eigenvalue weighted by atomic mass is 32.1. The number of thiazole rings is 1. The molecular formula is C15H17N3OS. The van der Waals surface area contributed by atoms with Crippen molar-refractivity contribution in [1.82, 2.24) is 10.3 Å². The number of rotatable bonds is 2. The fourth-order valence-corrected chi connectivity index (χ4v) is 3.18. The minimum atomic E-state index is -0.186. The molecule has 0 fully saturated rings. The van der Waals surface area contributed by atoms with Gasteiger partial charge in [0.1, 0.15) is 0 Å². The Labute approximate surface area is 122 Å². The molecule has 1 aliphatic rings. The summed E-state index contributed by atoms with van der Waals surface area (Å²) >= 11 is 1.52. The third-order valence-electron chi connectivity index (χ3n) is 3.66. The van der Waals surface area contributed by atoms with Gasteiger partial charge in [0.25, 0.3) is 0 Å². The van der Waals surface area contributed by atoms with E-state index in [1.54, 1.807) is 0 Å². The zero-order valence-electron chi connectivity index (χ0n) is 11.6. The average molecular weight is 287 g/mol. The summed E-state index contributed by atoms with van der Waals surface area (Å²) in [5.74, 6) is -0.00625. The summed E-state index contributed by atoms with van der Waals surface area (Å²) in [6.07, 6.45) is 0.728. The number of fused-ring (bicyclic) bond motifs is 1. The van der Waals surface area contributed by atoms with Crippen LogP contribution in [0.1, 0.15) is 21.7 Å². The quantitative estimate of drug-likeness (QED) is 0.892.